The molecule has 1 aliphatic rings. The molecule has 1 aliphatic heterocycles. The van der Waals surface area contributed by atoms with Crippen LogP contribution in [0.25, 0.3) is 39.2 Å². The van der Waals surface area contributed by atoms with Crippen molar-refractivity contribution in [3.8, 4) is 28.3 Å². The normalized spacial score (nSPS) is 14.9. The lowest BCUT2D eigenvalue weighted by Gasteiger charge is -2.37. The second-order valence-corrected chi connectivity index (χ2v) is 9.59. The zero-order valence-corrected chi connectivity index (χ0v) is 19.9. The van der Waals surface area contributed by atoms with Gasteiger partial charge in [-0.2, -0.15) is 4.39 Å². The van der Waals surface area contributed by atoms with Crippen molar-refractivity contribution in [3.05, 3.63) is 71.4 Å². The van der Waals surface area contributed by atoms with Crippen LogP contribution in [0.5, 0.6) is 5.75 Å². The summed E-state index contributed by atoms with van der Waals surface area (Å²) in [6.07, 6.45) is 1.45. The van der Waals surface area contributed by atoms with Crippen LogP contribution in [0.2, 0.25) is 5.02 Å². The lowest BCUT2D eigenvalue weighted by atomic mass is 9.90. The summed E-state index contributed by atoms with van der Waals surface area (Å²) in [6, 6.07) is 14.4. The molecular formula is C26H21ClFN5O2. The fourth-order valence-electron chi connectivity index (χ4n) is 4.25. The summed E-state index contributed by atoms with van der Waals surface area (Å²) in [6.45, 7) is 5.94. The number of fused-ring (bicyclic) bond motifs is 3. The Labute approximate surface area is 205 Å². The van der Waals surface area contributed by atoms with E-state index in [0.717, 1.165) is 22.3 Å². The highest BCUT2D eigenvalue weighted by atomic mass is 35.5. The van der Waals surface area contributed by atoms with Gasteiger partial charge in [0.15, 0.2) is 5.65 Å². The van der Waals surface area contributed by atoms with Crippen LogP contribution >= 0.6 is 11.6 Å². The maximum atomic E-state index is 13.8. The molecule has 0 unspecified atom stereocenters. The molecule has 35 heavy (non-hydrogen) atoms. The Balaban J connectivity index is 1.50. The van der Waals surface area contributed by atoms with Gasteiger partial charge in [-0.15, -0.1) is 10.2 Å². The van der Waals surface area contributed by atoms with Crippen molar-refractivity contribution < 1.29 is 13.9 Å². The zero-order valence-electron chi connectivity index (χ0n) is 19.1. The van der Waals surface area contributed by atoms with Gasteiger partial charge in [0.2, 0.25) is 5.95 Å². The number of hydrogen-bond acceptors (Lipinski definition) is 6. The predicted molar refractivity (Wildman–Crippen MR) is 131 cm³/mol. The van der Waals surface area contributed by atoms with E-state index in [1.807, 2.05) is 47.7 Å². The number of ether oxygens (including phenoxy) is 2. The van der Waals surface area contributed by atoms with E-state index >= 15 is 0 Å². The lowest BCUT2D eigenvalue weighted by molar-refractivity contribution is -0.120. The van der Waals surface area contributed by atoms with Crippen LogP contribution in [0, 0.1) is 18.3 Å². The van der Waals surface area contributed by atoms with Crippen molar-refractivity contribution >= 4 is 28.3 Å². The van der Waals surface area contributed by atoms with Crippen molar-refractivity contribution in [2.75, 3.05) is 19.8 Å². The zero-order chi connectivity index (χ0) is 24.2. The van der Waals surface area contributed by atoms with Gasteiger partial charge in [0.1, 0.15) is 17.1 Å². The lowest BCUT2D eigenvalue weighted by Crippen LogP contribution is -2.44. The van der Waals surface area contributed by atoms with E-state index in [1.165, 1.54) is 12.3 Å². The van der Waals surface area contributed by atoms with Crippen molar-refractivity contribution in [3.63, 3.8) is 0 Å². The average molecular weight is 490 g/mol. The minimum absolute atomic E-state index is 0.0189. The Hall–Kier alpha value is -3.62. The Morgan fingerprint density at radius 1 is 1.09 bits per heavy atom. The van der Waals surface area contributed by atoms with Gasteiger partial charge in [-0.25, -0.2) is 9.97 Å². The van der Waals surface area contributed by atoms with Gasteiger partial charge in [-0.05, 0) is 54.4 Å². The van der Waals surface area contributed by atoms with Crippen molar-refractivity contribution in [2.24, 2.45) is 5.41 Å². The topological polar surface area (TPSA) is 74.4 Å². The van der Waals surface area contributed by atoms with Gasteiger partial charge in [-0.1, -0.05) is 24.6 Å². The molecule has 176 valence electrons. The second kappa shape index (κ2) is 8.25. The monoisotopic (exact) mass is 489 g/mol. The summed E-state index contributed by atoms with van der Waals surface area (Å²) in [4.78, 5) is 8.45. The predicted octanol–water partition coefficient (Wildman–Crippen LogP) is 5.52. The molecule has 1 fully saturated rings. The molecule has 7 nitrogen and oxygen atoms in total. The standard InChI is InChI=1S/C26H21ClFN5O2/c1-15-24-32-31-21-6-3-16(17-7-8-29-23(28)10-17)9-22(21)33(24)25(30-15)19-11-18(4-5-20(19)27)35-14-26(2)12-34-13-26/h3-11H,12-14H2,1-2H3. The summed E-state index contributed by atoms with van der Waals surface area (Å²) in [5, 5.41) is 9.32. The van der Waals surface area contributed by atoms with Crippen LogP contribution in [0.4, 0.5) is 4.39 Å². The highest BCUT2D eigenvalue weighted by Gasteiger charge is 2.34. The molecule has 9 heteroatoms. The van der Waals surface area contributed by atoms with Crippen LogP contribution < -0.4 is 4.74 Å². The van der Waals surface area contributed by atoms with E-state index in [0.29, 0.717) is 53.1 Å². The number of imidazole rings is 1. The van der Waals surface area contributed by atoms with Gasteiger partial charge in [0, 0.05) is 23.2 Å². The Kier molecular flexibility index (Phi) is 5.16. The maximum Gasteiger partial charge on any atom is 0.213 e. The van der Waals surface area contributed by atoms with Gasteiger partial charge in [0.25, 0.3) is 0 Å². The first-order chi connectivity index (χ1) is 16.9. The van der Waals surface area contributed by atoms with E-state index in [2.05, 4.69) is 22.1 Å². The molecule has 5 aromatic rings. The molecule has 0 radical (unpaired) electrons. The Bertz CT molecular complexity index is 1600. The number of aryl methyl sites for hydroxylation is 1. The van der Waals surface area contributed by atoms with E-state index in [1.54, 1.807) is 6.07 Å². The van der Waals surface area contributed by atoms with Crippen LogP contribution in [0.1, 0.15) is 12.6 Å². The van der Waals surface area contributed by atoms with Gasteiger partial charge >= 0.3 is 0 Å². The summed E-state index contributed by atoms with van der Waals surface area (Å²) in [5.41, 5.74) is 5.07. The molecule has 6 rings (SSSR count). The van der Waals surface area contributed by atoms with Crippen LogP contribution in [0.15, 0.2) is 54.7 Å². The third-order valence-electron chi connectivity index (χ3n) is 6.22. The first kappa shape index (κ1) is 21.9. The quantitative estimate of drug-likeness (QED) is 0.302. The molecule has 0 bridgehead atoms. The number of benzene rings is 2. The number of pyridine rings is 1. The van der Waals surface area contributed by atoms with E-state index < -0.39 is 5.95 Å². The fraction of sp³-hybridized carbons (Fsp3) is 0.231. The summed E-state index contributed by atoms with van der Waals surface area (Å²) >= 11 is 6.65. The summed E-state index contributed by atoms with van der Waals surface area (Å²) < 4.78 is 27.1. The molecule has 1 saturated heterocycles. The minimum atomic E-state index is -0.536. The first-order valence-electron chi connectivity index (χ1n) is 11.2. The van der Waals surface area contributed by atoms with E-state index in [4.69, 9.17) is 26.1 Å². The molecule has 0 spiro atoms. The van der Waals surface area contributed by atoms with E-state index in [-0.39, 0.29) is 5.41 Å². The Morgan fingerprint density at radius 3 is 2.69 bits per heavy atom. The van der Waals surface area contributed by atoms with Gasteiger partial charge in [-0.3, -0.25) is 4.40 Å². The number of nitrogens with zero attached hydrogens (tertiary/aromatic N) is 5. The first-order valence-corrected chi connectivity index (χ1v) is 11.6. The number of hydrogen-bond donors (Lipinski definition) is 0. The molecule has 0 N–H and O–H groups in total. The minimum Gasteiger partial charge on any atom is -0.493 e. The highest BCUT2D eigenvalue weighted by Crippen LogP contribution is 2.35. The largest absolute Gasteiger partial charge is 0.493 e. The smallest absolute Gasteiger partial charge is 0.213 e. The third-order valence-corrected chi connectivity index (χ3v) is 6.55. The Morgan fingerprint density at radius 2 is 1.91 bits per heavy atom. The third kappa shape index (κ3) is 3.88. The molecule has 3 aromatic heterocycles. The maximum absolute atomic E-state index is 13.8. The fourth-order valence-corrected chi connectivity index (χ4v) is 4.46. The second-order valence-electron chi connectivity index (χ2n) is 9.18. The number of rotatable bonds is 5. The van der Waals surface area contributed by atoms with Gasteiger partial charge < -0.3 is 9.47 Å². The summed E-state index contributed by atoms with van der Waals surface area (Å²) in [7, 11) is 0. The average Bonchev–Trinajstić information content (AvgIpc) is 3.18. The molecule has 0 atom stereocenters. The molecular weight excluding hydrogens is 469 g/mol. The number of halogens is 2. The van der Waals surface area contributed by atoms with E-state index in [9.17, 15) is 4.39 Å². The summed E-state index contributed by atoms with van der Waals surface area (Å²) in [5.74, 6) is 0.793. The SMILES string of the molecule is Cc1nc(-c2cc(OCC3(C)COC3)ccc2Cl)n2c1nnc1ccc(-c3ccnc(F)c3)cc12. The highest BCUT2D eigenvalue weighted by molar-refractivity contribution is 6.33. The molecule has 2 aromatic carbocycles. The van der Waals surface area contributed by atoms with Crippen LogP contribution in [-0.4, -0.2) is 44.4 Å². The van der Waals surface area contributed by atoms with Crippen molar-refractivity contribution in [1.29, 1.82) is 0 Å². The molecule has 0 aliphatic carbocycles. The van der Waals surface area contributed by atoms with Gasteiger partial charge in [0.05, 0.1) is 36.1 Å². The van der Waals surface area contributed by atoms with Crippen LogP contribution in [0.3, 0.4) is 0 Å². The van der Waals surface area contributed by atoms with Crippen molar-refractivity contribution in [2.45, 2.75) is 13.8 Å². The molecule has 0 amide bonds. The van der Waals surface area contributed by atoms with Crippen molar-refractivity contribution in [1.82, 2.24) is 24.6 Å². The number of aromatic nitrogens is 5. The van der Waals surface area contributed by atoms with Crippen LogP contribution in [-0.2, 0) is 4.74 Å². The molecule has 0 saturated carbocycles. The molecule has 4 heterocycles.